The van der Waals surface area contributed by atoms with Crippen molar-refractivity contribution in [1.82, 2.24) is 0 Å². The van der Waals surface area contributed by atoms with Gasteiger partial charge in [-0.05, 0) is 73.7 Å². The van der Waals surface area contributed by atoms with Crippen LogP contribution >= 0.6 is 0 Å². The first-order valence-electron chi connectivity index (χ1n) is 11.5. The van der Waals surface area contributed by atoms with Gasteiger partial charge in [0, 0.05) is 21.0 Å². The van der Waals surface area contributed by atoms with Gasteiger partial charge in [0.1, 0.15) is 6.10 Å². The van der Waals surface area contributed by atoms with E-state index in [4.69, 9.17) is 14.2 Å². The first-order chi connectivity index (χ1) is 13.9. The second-order valence-electron chi connectivity index (χ2n) is 10.3. The van der Waals surface area contributed by atoms with Crippen molar-refractivity contribution in [3.8, 4) is 0 Å². The van der Waals surface area contributed by atoms with Gasteiger partial charge < -0.3 is 14.2 Å². The van der Waals surface area contributed by atoms with E-state index in [0.29, 0.717) is 18.4 Å². The predicted octanol–water partition coefficient (Wildman–Crippen LogP) is 5.47. The summed E-state index contributed by atoms with van der Waals surface area (Å²) in [5.41, 5.74) is 2.80. The number of fused-ring (bicyclic) bond motifs is 1. The fourth-order valence-electron chi connectivity index (χ4n) is 6.16. The molecule has 0 N–H and O–H groups in total. The minimum absolute atomic E-state index is 0.00699. The van der Waals surface area contributed by atoms with Gasteiger partial charge in [-0.1, -0.05) is 33.3 Å². The Hall–Kier alpha value is -1.36. The summed E-state index contributed by atoms with van der Waals surface area (Å²) in [5.74, 6) is 0.422. The first kappa shape index (κ1) is 24.9. The van der Waals surface area contributed by atoms with Crippen LogP contribution in [0.3, 0.4) is 0 Å². The number of allylic oxidation sites excluding steroid dienone is 1. The average Bonchev–Trinajstić information content (AvgIpc) is 2.62. The number of hydrogen-bond acceptors (Lipinski definition) is 5. The lowest BCUT2D eigenvalue weighted by atomic mass is 9.48. The highest BCUT2D eigenvalue weighted by molar-refractivity contribution is 5.66. The molecule has 0 amide bonds. The molecular formula is C25H42O5. The SMILES string of the molecule is COC1CCC2(C)C(CCC(C)CCOC(C)=O)=C(C)C(OC(C)=O)CC2C1(C)C. The van der Waals surface area contributed by atoms with E-state index in [1.807, 2.05) is 7.11 Å². The molecule has 5 atom stereocenters. The monoisotopic (exact) mass is 422 g/mol. The molecule has 0 aromatic carbocycles. The van der Waals surface area contributed by atoms with Crippen molar-refractivity contribution in [2.45, 2.75) is 99.2 Å². The van der Waals surface area contributed by atoms with E-state index in [1.165, 1.54) is 25.0 Å². The average molecular weight is 423 g/mol. The molecule has 1 fully saturated rings. The van der Waals surface area contributed by atoms with Gasteiger partial charge in [-0.3, -0.25) is 9.59 Å². The predicted molar refractivity (Wildman–Crippen MR) is 118 cm³/mol. The summed E-state index contributed by atoms with van der Waals surface area (Å²) < 4.78 is 16.8. The Bertz CT molecular complexity index is 664. The molecule has 5 heteroatoms. The van der Waals surface area contributed by atoms with Crippen molar-refractivity contribution in [1.29, 1.82) is 0 Å². The molecule has 0 aromatic heterocycles. The number of methoxy groups -OCH3 is 1. The van der Waals surface area contributed by atoms with E-state index in [9.17, 15) is 9.59 Å². The van der Waals surface area contributed by atoms with Crippen LogP contribution < -0.4 is 0 Å². The highest BCUT2D eigenvalue weighted by atomic mass is 16.5. The first-order valence-corrected chi connectivity index (χ1v) is 11.5. The molecule has 2 rings (SSSR count). The maximum absolute atomic E-state index is 11.8. The zero-order chi connectivity index (χ0) is 22.7. The van der Waals surface area contributed by atoms with E-state index >= 15 is 0 Å². The quantitative estimate of drug-likeness (QED) is 0.384. The van der Waals surface area contributed by atoms with Crippen LogP contribution in [0.1, 0.15) is 87.0 Å². The molecule has 30 heavy (non-hydrogen) atoms. The molecule has 1 saturated carbocycles. The normalized spacial score (nSPS) is 31.7. The topological polar surface area (TPSA) is 61.8 Å². The molecule has 0 bridgehead atoms. The smallest absolute Gasteiger partial charge is 0.303 e. The van der Waals surface area contributed by atoms with Crippen LogP contribution in [0.2, 0.25) is 0 Å². The molecule has 5 nitrogen and oxygen atoms in total. The Labute approximate surface area is 182 Å². The minimum Gasteiger partial charge on any atom is -0.466 e. The third-order valence-corrected chi connectivity index (χ3v) is 7.92. The van der Waals surface area contributed by atoms with E-state index < -0.39 is 0 Å². The van der Waals surface area contributed by atoms with Gasteiger partial charge in [0.2, 0.25) is 0 Å². The highest BCUT2D eigenvalue weighted by Gasteiger charge is 2.56. The third kappa shape index (κ3) is 5.27. The summed E-state index contributed by atoms with van der Waals surface area (Å²) in [6.45, 7) is 14.9. The van der Waals surface area contributed by atoms with E-state index in [0.717, 1.165) is 38.5 Å². The van der Waals surface area contributed by atoms with Crippen molar-refractivity contribution in [3.05, 3.63) is 11.1 Å². The molecule has 0 heterocycles. The van der Waals surface area contributed by atoms with Crippen molar-refractivity contribution in [2.75, 3.05) is 13.7 Å². The van der Waals surface area contributed by atoms with E-state index in [1.54, 1.807) is 0 Å². The van der Waals surface area contributed by atoms with Crippen LogP contribution in [0.25, 0.3) is 0 Å². The van der Waals surface area contributed by atoms with Crippen molar-refractivity contribution in [3.63, 3.8) is 0 Å². The zero-order valence-electron chi connectivity index (χ0n) is 20.3. The number of hydrogen-bond donors (Lipinski definition) is 0. The Balaban J connectivity index is 2.27. The molecular weight excluding hydrogens is 380 g/mol. The summed E-state index contributed by atoms with van der Waals surface area (Å²) in [4.78, 5) is 22.8. The van der Waals surface area contributed by atoms with Gasteiger partial charge in [0.15, 0.2) is 0 Å². The van der Waals surface area contributed by atoms with Gasteiger partial charge in [-0.25, -0.2) is 0 Å². The largest absolute Gasteiger partial charge is 0.466 e. The van der Waals surface area contributed by atoms with Crippen LogP contribution in [-0.2, 0) is 23.8 Å². The van der Waals surface area contributed by atoms with Crippen molar-refractivity contribution < 1.29 is 23.8 Å². The van der Waals surface area contributed by atoms with Gasteiger partial charge in [0.25, 0.3) is 0 Å². The lowest BCUT2D eigenvalue weighted by Gasteiger charge is -2.58. The lowest BCUT2D eigenvalue weighted by Crippen LogP contribution is -2.54. The zero-order valence-corrected chi connectivity index (χ0v) is 20.3. The highest BCUT2D eigenvalue weighted by Crippen LogP contribution is 2.61. The number of ether oxygens (including phenoxy) is 3. The summed E-state index contributed by atoms with van der Waals surface area (Å²) >= 11 is 0. The summed E-state index contributed by atoms with van der Waals surface area (Å²) in [6.07, 6.45) is 5.98. The number of rotatable bonds is 8. The van der Waals surface area contributed by atoms with Gasteiger partial charge >= 0.3 is 11.9 Å². The van der Waals surface area contributed by atoms with Crippen LogP contribution in [0.4, 0.5) is 0 Å². The fourth-order valence-corrected chi connectivity index (χ4v) is 6.16. The summed E-state index contributed by atoms with van der Waals surface area (Å²) in [7, 11) is 1.81. The summed E-state index contributed by atoms with van der Waals surface area (Å²) in [6, 6.07) is 0. The van der Waals surface area contributed by atoms with Crippen molar-refractivity contribution >= 4 is 11.9 Å². The Morgan fingerprint density at radius 3 is 2.37 bits per heavy atom. The molecule has 2 aliphatic carbocycles. The molecule has 5 unspecified atom stereocenters. The number of carbonyl (C=O) groups excluding carboxylic acids is 2. The van der Waals surface area contributed by atoms with Crippen molar-refractivity contribution in [2.24, 2.45) is 22.7 Å². The number of carbonyl (C=O) groups is 2. The molecule has 2 aliphatic rings. The van der Waals surface area contributed by atoms with Crippen LogP contribution in [-0.4, -0.2) is 37.9 Å². The standard InChI is InChI=1S/C25H42O5/c1-16(12-14-29-18(3)26)9-10-20-17(2)21(30-19(4)27)15-22-24(5,6)23(28-8)11-13-25(20,22)7/h16,21-23H,9-15H2,1-8H3. The Morgan fingerprint density at radius 1 is 1.13 bits per heavy atom. The van der Waals surface area contributed by atoms with Gasteiger partial charge in [-0.15, -0.1) is 0 Å². The van der Waals surface area contributed by atoms with E-state index in [2.05, 4.69) is 34.6 Å². The Morgan fingerprint density at radius 2 is 1.80 bits per heavy atom. The second kappa shape index (κ2) is 9.84. The van der Waals surface area contributed by atoms with Gasteiger partial charge in [0.05, 0.1) is 12.7 Å². The number of esters is 2. The molecule has 0 radical (unpaired) electrons. The lowest BCUT2D eigenvalue weighted by molar-refractivity contribution is -0.153. The molecule has 0 aromatic rings. The fraction of sp³-hybridized carbons (Fsp3) is 0.840. The van der Waals surface area contributed by atoms with Crippen LogP contribution in [0.15, 0.2) is 11.1 Å². The maximum Gasteiger partial charge on any atom is 0.303 e. The van der Waals surface area contributed by atoms with E-state index in [-0.39, 0.29) is 35.0 Å². The minimum atomic E-state index is -0.218. The molecule has 172 valence electrons. The maximum atomic E-state index is 11.8. The van der Waals surface area contributed by atoms with Gasteiger partial charge in [-0.2, -0.15) is 0 Å². The molecule has 0 spiro atoms. The second-order valence-corrected chi connectivity index (χ2v) is 10.3. The Kier molecular flexibility index (Phi) is 8.17. The van der Waals surface area contributed by atoms with Crippen LogP contribution in [0.5, 0.6) is 0 Å². The summed E-state index contributed by atoms with van der Waals surface area (Å²) in [5, 5.41) is 0. The van der Waals surface area contributed by atoms with Crippen LogP contribution in [0, 0.1) is 22.7 Å². The molecule has 0 saturated heterocycles. The third-order valence-electron chi connectivity index (χ3n) is 7.92. The molecule has 0 aliphatic heterocycles.